The number of rotatable bonds is 6. The zero-order valence-corrected chi connectivity index (χ0v) is 12.8. The molecule has 0 aliphatic rings. The van der Waals surface area contributed by atoms with E-state index in [1.807, 2.05) is 13.1 Å². The summed E-state index contributed by atoms with van der Waals surface area (Å²) in [7, 11) is 4.00. The molecule has 1 heterocycles. The van der Waals surface area contributed by atoms with Gasteiger partial charge in [-0.2, -0.15) is 0 Å². The summed E-state index contributed by atoms with van der Waals surface area (Å²) in [6.07, 6.45) is 2.17. The molecule has 1 aromatic heterocycles. The number of pyridine rings is 1. The minimum atomic E-state index is -0.300. The van der Waals surface area contributed by atoms with Crippen molar-refractivity contribution in [1.82, 2.24) is 10.3 Å². The van der Waals surface area contributed by atoms with Crippen LogP contribution < -0.4 is 10.2 Å². The van der Waals surface area contributed by atoms with Crippen LogP contribution in [0.3, 0.4) is 0 Å². The van der Waals surface area contributed by atoms with Crippen LogP contribution in [0.5, 0.6) is 0 Å². The summed E-state index contributed by atoms with van der Waals surface area (Å²) in [4.78, 5) is 6.40. The summed E-state index contributed by atoms with van der Waals surface area (Å²) in [6, 6.07) is 11.7. The average Bonchev–Trinajstić information content (AvgIpc) is 2.49. The maximum absolute atomic E-state index is 12.9. The monoisotopic (exact) mass is 287 g/mol. The van der Waals surface area contributed by atoms with Gasteiger partial charge >= 0.3 is 0 Å². The van der Waals surface area contributed by atoms with Gasteiger partial charge in [0.15, 0.2) is 0 Å². The second-order valence-corrected chi connectivity index (χ2v) is 5.24. The number of hydrogen-bond acceptors (Lipinski definition) is 3. The highest BCUT2D eigenvalue weighted by atomic mass is 19.1. The third-order valence-electron chi connectivity index (χ3n) is 3.74. The smallest absolute Gasteiger partial charge is 0.141 e. The Morgan fingerprint density at radius 2 is 2.00 bits per heavy atom. The highest BCUT2D eigenvalue weighted by molar-refractivity contribution is 5.52. The first-order valence-corrected chi connectivity index (χ1v) is 7.17. The number of anilines is 1. The number of para-hydroxylation sites is 1. The normalized spacial score (nSPS) is 12.2. The number of aromatic nitrogens is 1. The SMILES string of the molecule is CNC(CCN(C)c1ccccc1C)c1ccc(F)cn1. The van der Waals surface area contributed by atoms with E-state index in [0.717, 1.165) is 18.7 Å². The Labute approximate surface area is 125 Å². The highest BCUT2D eigenvalue weighted by Gasteiger charge is 2.12. The van der Waals surface area contributed by atoms with Gasteiger partial charge in [0.2, 0.25) is 0 Å². The second-order valence-electron chi connectivity index (χ2n) is 5.24. The number of halogens is 1. The summed E-state index contributed by atoms with van der Waals surface area (Å²) in [5.41, 5.74) is 3.37. The predicted molar refractivity (Wildman–Crippen MR) is 85.1 cm³/mol. The van der Waals surface area contributed by atoms with Gasteiger partial charge in [0.05, 0.1) is 17.9 Å². The van der Waals surface area contributed by atoms with Crippen molar-refractivity contribution < 1.29 is 4.39 Å². The van der Waals surface area contributed by atoms with E-state index in [1.165, 1.54) is 23.5 Å². The Balaban J connectivity index is 2.00. The maximum Gasteiger partial charge on any atom is 0.141 e. The fraction of sp³-hybridized carbons (Fsp3) is 0.353. The molecule has 1 N–H and O–H groups in total. The predicted octanol–water partition coefficient (Wildman–Crippen LogP) is 3.32. The van der Waals surface area contributed by atoms with Gasteiger partial charge in [0, 0.05) is 19.3 Å². The van der Waals surface area contributed by atoms with Crippen LogP contribution in [0.15, 0.2) is 42.6 Å². The van der Waals surface area contributed by atoms with Gasteiger partial charge in [-0.05, 0) is 44.2 Å². The van der Waals surface area contributed by atoms with E-state index in [0.29, 0.717) is 0 Å². The van der Waals surface area contributed by atoms with Gasteiger partial charge in [-0.1, -0.05) is 18.2 Å². The molecular weight excluding hydrogens is 265 g/mol. The Kier molecular flexibility index (Phi) is 5.28. The molecule has 3 nitrogen and oxygen atoms in total. The summed E-state index contributed by atoms with van der Waals surface area (Å²) < 4.78 is 12.9. The Bertz CT molecular complexity index is 569. The fourth-order valence-electron chi connectivity index (χ4n) is 2.47. The van der Waals surface area contributed by atoms with E-state index < -0.39 is 0 Å². The van der Waals surface area contributed by atoms with E-state index in [-0.39, 0.29) is 11.9 Å². The molecule has 2 rings (SSSR count). The lowest BCUT2D eigenvalue weighted by molar-refractivity contribution is 0.531. The summed E-state index contributed by atoms with van der Waals surface area (Å²) in [6.45, 7) is 3.01. The van der Waals surface area contributed by atoms with Gasteiger partial charge in [0.25, 0.3) is 0 Å². The van der Waals surface area contributed by atoms with E-state index in [1.54, 1.807) is 6.07 Å². The average molecular weight is 287 g/mol. The molecule has 0 radical (unpaired) electrons. The van der Waals surface area contributed by atoms with E-state index in [9.17, 15) is 4.39 Å². The van der Waals surface area contributed by atoms with Crippen LogP contribution in [0.4, 0.5) is 10.1 Å². The number of nitrogens with one attached hydrogen (secondary N) is 1. The van der Waals surface area contributed by atoms with Crippen molar-refractivity contribution in [2.24, 2.45) is 0 Å². The topological polar surface area (TPSA) is 28.2 Å². The van der Waals surface area contributed by atoms with Crippen LogP contribution in [0.2, 0.25) is 0 Å². The molecule has 0 aliphatic heterocycles. The third-order valence-corrected chi connectivity index (χ3v) is 3.74. The first-order chi connectivity index (χ1) is 10.1. The quantitative estimate of drug-likeness (QED) is 0.883. The summed E-state index contributed by atoms with van der Waals surface area (Å²) in [5, 5.41) is 3.25. The molecular formula is C17H22FN3. The standard InChI is InChI=1S/C17H22FN3/c1-13-6-4-5-7-17(13)21(3)11-10-15(19-2)16-9-8-14(18)12-20-16/h4-9,12,15,19H,10-11H2,1-3H3. The molecule has 0 bridgehead atoms. The fourth-order valence-corrected chi connectivity index (χ4v) is 2.47. The Hall–Kier alpha value is -1.94. The number of aryl methyl sites for hydroxylation is 1. The molecule has 0 aliphatic carbocycles. The van der Waals surface area contributed by atoms with Crippen molar-refractivity contribution in [3.63, 3.8) is 0 Å². The molecule has 0 amide bonds. The first kappa shape index (κ1) is 15.4. The van der Waals surface area contributed by atoms with Gasteiger partial charge in [-0.25, -0.2) is 4.39 Å². The lowest BCUT2D eigenvalue weighted by Gasteiger charge is -2.24. The number of nitrogens with zero attached hydrogens (tertiary/aromatic N) is 2. The molecule has 112 valence electrons. The number of benzene rings is 1. The lowest BCUT2D eigenvalue weighted by atomic mass is 10.1. The van der Waals surface area contributed by atoms with Crippen molar-refractivity contribution in [3.8, 4) is 0 Å². The minimum absolute atomic E-state index is 0.122. The van der Waals surface area contributed by atoms with Crippen molar-refractivity contribution in [3.05, 3.63) is 59.7 Å². The van der Waals surface area contributed by atoms with Gasteiger partial charge in [-0.3, -0.25) is 4.98 Å². The van der Waals surface area contributed by atoms with Gasteiger partial charge in [0.1, 0.15) is 5.82 Å². The van der Waals surface area contributed by atoms with E-state index >= 15 is 0 Å². The van der Waals surface area contributed by atoms with Crippen molar-refractivity contribution in [1.29, 1.82) is 0 Å². The Morgan fingerprint density at radius 3 is 2.62 bits per heavy atom. The minimum Gasteiger partial charge on any atom is -0.374 e. The highest BCUT2D eigenvalue weighted by Crippen LogP contribution is 2.20. The Morgan fingerprint density at radius 1 is 1.24 bits per heavy atom. The van der Waals surface area contributed by atoms with Gasteiger partial charge < -0.3 is 10.2 Å². The van der Waals surface area contributed by atoms with E-state index in [2.05, 4.69) is 47.4 Å². The molecule has 21 heavy (non-hydrogen) atoms. The van der Waals surface area contributed by atoms with Crippen LogP contribution in [0.1, 0.15) is 23.7 Å². The molecule has 4 heteroatoms. The molecule has 0 saturated carbocycles. The zero-order valence-electron chi connectivity index (χ0n) is 12.8. The van der Waals surface area contributed by atoms with Crippen LogP contribution in [0.25, 0.3) is 0 Å². The van der Waals surface area contributed by atoms with Crippen molar-refractivity contribution in [2.45, 2.75) is 19.4 Å². The first-order valence-electron chi connectivity index (χ1n) is 7.17. The van der Waals surface area contributed by atoms with Crippen LogP contribution in [-0.4, -0.2) is 25.6 Å². The van der Waals surface area contributed by atoms with Crippen molar-refractivity contribution >= 4 is 5.69 Å². The van der Waals surface area contributed by atoms with Gasteiger partial charge in [-0.15, -0.1) is 0 Å². The van der Waals surface area contributed by atoms with Crippen LogP contribution in [-0.2, 0) is 0 Å². The lowest BCUT2D eigenvalue weighted by Crippen LogP contribution is -2.26. The molecule has 1 unspecified atom stereocenters. The maximum atomic E-state index is 12.9. The molecule has 1 atom stereocenters. The van der Waals surface area contributed by atoms with Crippen LogP contribution >= 0.6 is 0 Å². The number of hydrogen-bond donors (Lipinski definition) is 1. The zero-order chi connectivity index (χ0) is 15.2. The molecule has 0 fully saturated rings. The summed E-state index contributed by atoms with van der Waals surface area (Å²) in [5.74, 6) is -0.300. The molecule has 2 aromatic rings. The summed E-state index contributed by atoms with van der Waals surface area (Å²) >= 11 is 0. The molecule has 1 aromatic carbocycles. The largest absolute Gasteiger partial charge is 0.374 e. The third kappa shape index (κ3) is 4.02. The molecule has 0 saturated heterocycles. The molecule has 0 spiro atoms. The van der Waals surface area contributed by atoms with E-state index in [4.69, 9.17) is 0 Å². The van der Waals surface area contributed by atoms with Crippen molar-refractivity contribution in [2.75, 3.05) is 25.5 Å². The second kappa shape index (κ2) is 7.18. The van der Waals surface area contributed by atoms with Crippen LogP contribution in [0, 0.1) is 12.7 Å².